The van der Waals surface area contributed by atoms with Crippen LogP contribution < -0.4 is 4.74 Å². The molecule has 1 aromatic rings. The van der Waals surface area contributed by atoms with E-state index in [4.69, 9.17) is 4.74 Å². The lowest BCUT2D eigenvalue weighted by Crippen LogP contribution is -2.33. The Morgan fingerprint density at radius 3 is 2.31 bits per heavy atom. The Hall–Kier alpha value is -1.84. The third kappa shape index (κ3) is 2.39. The van der Waals surface area contributed by atoms with Gasteiger partial charge in [0.25, 0.3) is 0 Å². The van der Waals surface area contributed by atoms with Crippen LogP contribution in [0.15, 0.2) is 30.3 Å². The zero-order valence-electron chi connectivity index (χ0n) is 8.89. The summed E-state index contributed by atoms with van der Waals surface area (Å²) >= 11 is 0. The molecule has 1 fully saturated rings. The van der Waals surface area contributed by atoms with E-state index >= 15 is 0 Å². The largest absolute Gasteiger partial charge is 0.492 e. The number of imide groups is 1. The summed E-state index contributed by atoms with van der Waals surface area (Å²) in [6.07, 6.45) is 0.675. The van der Waals surface area contributed by atoms with E-state index in [1.807, 2.05) is 30.3 Å². The van der Waals surface area contributed by atoms with Crippen LogP contribution in [0.4, 0.5) is 0 Å². The highest BCUT2D eigenvalue weighted by Gasteiger charge is 2.28. The molecule has 0 bridgehead atoms. The Kier molecular flexibility index (Phi) is 3.19. The minimum Gasteiger partial charge on any atom is -0.492 e. The zero-order valence-corrected chi connectivity index (χ0v) is 8.89. The van der Waals surface area contributed by atoms with Crippen molar-refractivity contribution >= 4 is 11.8 Å². The molecule has 0 saturated carbocycles. The summed E-state index contributed by atoms with van der Waals surface area (Å²) in [5.41, 5.74) is 0. The molecule has 0 unspecified atom stereocenters. The van der Waals surface area contributed by atoms with Gasteiger partial charge in [0.05, 0.1) is 6.54 Å². The smallest absolute Gasteiger partial charge is 0.229 e. The van der Waals surface area contributed by atoms with Crippen molar-refractivity contribution < 1.29 is 14.3 Å². The van der Waals surface area contributed by atoms with Gasteiger partial charge in [0, 0.05) is 12.8 Å². The predicted molar refractivity (Wildman–Crippen MR) is 57.9 cm³/mol. The molecular weight excluding hydrogens is 206 g/mol. The van der Waals surface area contributed by atoms with Gasteiger partial charge in [0.2, 0.25) is 11.8 Å². The summed E-state index contributed by atoms with van der Waals surface area (Å²) in [4.78, 5) is 23.8. The van der Waals surface area contributed by atoms with Crippen LogP contribution >= 0.6 is 0 Å². The maximum absolute atomic E-state index is 11.3. The third-order valence-corrected chi connectivity index (χ3v) is 2.48. The van der Waals surface area contributed by atoms with Crippen LogP contribution in [-0.4, -0.2) is 29.9 Å². The maximum Gasteiger partial charge on any atom is 0.229 e. The van der Waals surface area contributed by atoms with Crippen molar-refractivity contribution in [2.75, 3.05) is 13.2 Å². The number of nitrogens with zero attached hydrogens (tertiary/aromatic N) is 1. The van der Waals surface area contributed by atoms with Crippen molar-refractivity contribution in [3.8, 4) is 5.75 Å². The fourth-order valence-electron chi connectivity index (χ4n) is 1.64. The number of rotatable bonds is 4. The van der Waals surface area contributed by atoms with E-state index in [1.54, 1.807) is 0 Å². The minimum atomic E-state index is -0.0957. The first-order chi connectivity index (χ1) is 7.77. The number of carbonyl (C=O) groups excluding carboxylic acids is 2. The fraction of sp³-hybridized carbons (Fsp3) is 0.333. The van der Waals surface area contributed by atoms with Crippen LogP contribution in [-0.2, 0) is 9.59 Å². The lowest BCUT2D eigenvalue weighted by atomic mass is 10.3. The Bertz CT molecular complexity index is 373. The average molecular weight is 219 g/mol. The molecule has 84 valence electrons. The first kappa shape index (κ1) is 10.7. The van der Waals surface area contributed by atoms with E-state index in [9.17, 15) is 9.59 Å². The first-order valence-electron chi connectivity index (χ1n) is 5.28. The number of benzene rings is 1. The number of carbonyl (C=O) groups is 2. The molecule has 1 heterocycles. The van der Waals surface area contributed by atoms with E-state index in [0.717, 1.165) is 5.75 Å². The first-order valence-corrected chi connectivity index (χ1v) is 5.28. The number of hydrogen-bond acceptors (Lipinski definition) is 3. The normalized spacial score (nSPS) is 15.6. The summed E-state index contributed by atoms with van der Waals surface area (Å²) in [6, 6.07) is 9.34. The molecule has 1 aliphatic rings. The van der Waals surface area contributed by atoms with Gasteiger partial charge in [-0.15, -0.1) is 0 Å². The molecule has 0 radical (unpaired) electrons. The van der Waals surface area contributed by atoms with Crippen LogP contribution in [0.25, 0.3) is 0 Å². The monoisotopic (exact) mass is 219 g/mol. The molecule has 1 aliphatic heterocycles. The second-order valence-electron chi connectivity index (χ2n) is 3.60. The van der Waals surface area contributed by atoms with Crippen LogP contribution in [0, 0.1) is 0 Å². The standard InChI is InChI=1S/C12H13NO3/c14-11-6-7-12(15)13(11)8-9-16-10-4-2-1-3-5-10/h1-5H,6-9H2. The van der Waals surface area contributed by atoms with E-state index in [-0.39, 0.29) is 11.8 Å². The zero-order chi connectivity index (χ0) is 11.4. The molecule has 4 heteroatoms. The SMILES string of the molecule is O=C1CCC(=O)N1CCOc1ccccc1. The molecule has 16 heavy (non-hydrogen) atoms. The highest BCUT2D eigenvalue weighted by Crippen LogP contribution is 2.12. The molecule has 0 N–H and O–H groups in total. The van der Waals surface area contributed by atoms with Crippen molar-refractivity contribution in [2.24, 2.45) is 0 Å². The highest BCUT2D eigenvalue weighted by molar-refractivity contribution is 6.01. The van der Waals surface area contributed by atoms with Gasteiger partial charge in [0.1, 0.15) is 12.4 Å². The Morgan fingerprint density at radius 2 is 1.69 bits per heavy atom. The molecule has 1 saturated heterocycles. The third-order valence-electron chi connectivity index (χ3n) is 2.48. The predicted octanol–water partition coefficient (Wildman–Crippen LogP) is 1.21. The minimum absolute atomic E-state index is 0.0957. The lowest BCUT2D eigenvalue weighted by Gasteiger charge is -2.14. The number of amides is 2. The quantitative estimate of drug-likeness (QED) is 0.715. The van der Waals surface area contributed by atoms with Crippen LogP contribution in [0.5, 0.6) is 5.75 Å². The van der Waals surface area contributed by atoms with Crippen LogP contribution in [0.3, 0.4) is 0 Å². The molecule has 1 aromatic carbocycles. The van der Waals surface area contributed by atoms with Gasteiger partial charge in [-0.1, -0.05) is 18.2 Å². The molecule has 2 amide bonds. The maximum atomic E-state index is 11.3. The summed E-state index contributed by atoms with van der Waals surface area (Å²) in [5.74, 6) is 0.560. The van der Waals surface area contributed by atoms with E-state index in [2.05, 4.69) is 0 Å². The molecule has 0 aliphatic carbocycles. The molecule has 2 rings (SSSR count). The molecular formula is C12H13NO3. The Morgan fingerprint density at radius 1 is 1.06 bits per heavy atom. The van der Waals surface area contributed by atoms with Crippen molar-refractivity contribution in [1.29, 1.82) is 0 Å². The summed E-state index contributed by atoms with van der Waals surface area (Å²) in [7, 11) is 0. The molecule has 0 aromatic heterocycles. The van der Waals surface area contributed by atoms with Crippen molar-refractivity contribution in [1.82, 2.24) is 4.90 Å². The van der Waals surface area contributed by atoms with Gasteiger partial charge in [-0.2, -0.15) is 0 Å². The summed E-state index contributed by atoms with van der Waals surface area (Å²) < 4.78 is 5.42. The number of likely N-dealkylation sites (tertiary alicyclic amines) is 1. The Balaban J connectivity index is 1.80. The lowest BCUT2D eigenvalue weighted by molar-refractivity contribution is -0.138. The van der Waals surface area contributed by atoms with Gasteiger partial charge >= 0.3 is 0 Å². The number of ether oxygens (including phenoxy) is 1. The summed E-state index contributed by atoms with van der Waals surface area (Å²) in [5, 5.41) is 0. The number of hydrogen-bond donors (Lipinski definition) is 0. The van der Waals surface area contributed by atoms with Gasteiger partial charge in [0.15, 0.2) is 0 Å². The van der Waals surface area contributed by atoms with E-state index < -0.39 is 0 Å². The van der Waals surface area contributed by atoms with Gasteiger partial charge in [-0.05, 0) is 12.1 Å². The number of para-hydroxylation sites is 1. The van der Waals surface area contributed by atoms with Gasteiger partial charge in [-0.3, -0.25) is 14.5 Å². The summed E-state index contributed by atoms with van der Waals surface area (Å²) in [6.45, 7) is 0.689. The van der Waals surface area contributed by atoms with Crippen LogP contribution in [0.1, 0.15) is 12.8 Å². The molecule has 0 spiro atoms. The highest BCUT2D eigenvalue weighted by atomic mass is 16.5. The van der Waals surface area contributed by atoms with Crippen molar-refractivity contribution in [3.63, 3.8) is 0 Å². The fourth-order valence-corrected chi connectivity index (χ4v) is 1.64. The average Bonchev–Trinajstić information content (AvgIpc) is 2.62. The molecule has 0 atom stereocenters. The van der Waals surface area contributed by atoms with Crippen molar-refractivity contribution in [3.05, 3.63) is 30.3 Å². The second-order valence-corrected chi connectivity index (χ2v) is 3.60. The van der Waals surface area contributed by atoms with Crippen LogP contribution in [0.2, 0.25) is 0 Å². The van der Waals surface area contributed by atoms with E-state index in [1.165, 1.54) is 4.90 Å². The van der Waals surface area contributed by atoms with Gasteiger partial charge in [-0.25, -0.2) is 0 Å². The second kappa shape index (κ2) is 4.79. The van der Waals surface area contributed by atoms with Crippen molar-refractivity contribution in [2.45, 2.75) is 12.8 Å². The molecule has 4 nitrogen and oxygen atoms in total. The topological polar surface area (TPSA) is 46.6 Å². The Labute approximate surface area is 93.8 Å². The van der Waals surface area contributed by atoms with Gasteiger partial charge < -0.3 is 4.74 Å². The van der Waals surface area contributed by atoms with E-state index in [0.29, 0.717) is 26.0 Å².